The molecule has 10 aliphatic rings. The summed E-state index contributed by atoms with van der Waals surface area (Å²) in [4.78, 5) is 89.2. The molecule has 20 nitrogen and oxygen atoms in total. The molecule has 0 atom stereocenters. The minimum absolute atomic E-state index is 0. The van der Waals surface area contributed by atoms with Gasteiger partial charge in [-0.3, -0.25) is 0 Å². The van der Waals surface area contributed by atoms with Crippen molar-refractivity contribution in [2.75, 3.05) is 14.1 Å². The fraction of sp³-hybridized carbons (Fsp3) is 0.156. The van der Waals surface area contributed by atoms with Gasteiger partial charge in [0.2, 0.25) is 0 Å². The monoisotopic (exact) mass is 1200 g/mol. The number of aromatic nitrogens is 2. The third-order valence-electron chi connectivity index (χ3n) is 14.8. The first-order chi connectivity index (χ1) is 40.7. The van der Waals surface area contributed by atoms with E-state index < -0.39 is 23.9 Å². The third-order valence-corrected chi connectivity index (χ3v) is 14.8. The van der Waals surface area contributed by atoms with E-state index in [2.05, 4.69) is 44.3 Å². The van der Waals surface area contributed by atoms with Crippen molar-refractivity contribution in [2.24, 2.45) is 30.0 Å². The number of hydrogen-bond acceptors (Lipinski definition) is 18. The summed E-state index contributed by atoms with van der Waals surface area (Å²) in [6.45, 7) is 0. The molecule has 0 saturated carbocycles. The summed E-state index contributed by atoms with van der Waals surface area (Å²) in [7, 11) is 3.77. The van der Waals surface area contributed by atoms with Gasteiger partial charge in [-0.2, -0.15) is 0 Å². The van der Waals surface area contributed by atoms with Crippen molar-refractivity contribution in [3.05, 3.63) is 213 Å². The number of carboxylic acid groups (broad SMARTS) is 4. The SMILES string of the molecule is CN1C=CNC1=C1C2=NC(=C(CCC(=O)[O-])C3=NC(=C(C#CC#CC4=C5C=CC(=N5)C(CCC(=O)[O-])=C5C=CC(=N5)C(=C5NC=CN5C)c5ccc([nH]5)C(CCC(=O)[O-])=C5C=CC4=N5)C4=NC(=C(CCC(=O)[O-])c5ccc1[nH]5)C=C4)C=C3)C=C2.[Na+].[Na+].[Na+].[Na+]. The van der Waals surface area contributed by atoms with Gasteiger partial charge in [0.15, 0.2) is 0 Å². The maximum atomic E-state index is 12.0. The Kier molecular flexibility index (Phi) is 21.8. The van der Waals surface area contributed by atoms with Gasteiger partial charge in [0.1, 0.15) is 11.6 Å². The molecule has 12 heterocycles. The average Bonchev–Trinajstić information content (AvgIpc) is 1.82. The van der Waals surface area contributed by atoms with Crippen LogP contribution in [0.15, 0.2) is 220 Å². The predicted octanol–water partition coefficient (Wildman–Crippen LogP) is -8.93. The maximum Gasteiger partial charge on any atom is 1.00 e. The van der Waals surface area contributed by atoms with Crippen LogP contribution in [0.2, 0.25) is 0 Å². The van der Waals surface area contributed by atoms with E-state index in [9.17, 15) is 39.6 Å². The van der Waals surface area contributed by atoms with E-state index in [1.54, 1.807) is 61.0 Å². The fourth-order valence-corrected chi connectivity index (χ4v) is 10.7. The van der Waals surface area contributed by atoms with E-state index in [-0.39, 0.29) is 170 Å². The molecule has 0 radical (unpaired) electrons. The number of nitrogens with zero attached hydrogens (tertiary/aromatic N) is 8. The van der Waals surface area contributed by atoms with Crippen molar-refractivity contribution in [3.63, 3.8) is 0 Å². The standard InChI is InChI=1S/C64H50N12O8.4Na/c1-75-33-31-65-63(75)61-53-23-19-49(71-53)37(7-27-57(77)78)45-15-11-41(67-45)35(42-12-16-46(68-42)38(8-28-58(79)80)50-20-24-54(61)72-50)5-3-4-6-36-43-13-17-47(69-43)39(9-29-59(81)82)51-21-25-55(73-51)62(64-66-32-34-76(64)2)56-26-22-52(74-56)40(10-30-60(83)84)48-18-14-44(36)70-48;;;;/h11-26,31-34,65-66,71,73H,7-10,27-30H2,1-2H3,(H,77,78)(H,79,80)(H,81,82)(H,83,84);;;;/q;4*+1/p-4. The van der Waals surface area contributed by atoms with Crippen LogP contribution in [-0.4, -0.2) is 92.0 Å². The van der Waals surface area contributed by atoms with Gasteiger partial charge < -0.3 is 70.0 Å². The van der Waals surface area contributed by atoms with Gasteiger partial charge in [-0.1, -0.05) is 0 Å². The number of nitrogens with one attached hydrogen (secondary N) is 4. The van der Waals surface area contributed by atoms with Crippen LogP contribution in [-0.2, 0) is 19.2 Å². The van der Waals surface area contributed by atoms with Gasteiger partial charge in [-0.15, -0.1) is 0 Å². The van der Waals surface area contributed by atoms with Crippen LogP contribution in [0, 0.1) is 23.7 Å². The van der Waals surface area contributed by atoms with Gasteiger partial charge in [-0.25, -0.2) is 30.0 Å². The number of aliphatic carboxylic acids is 4. The molecular weight excluding hydrogens is 1160 g/mol. The smallest absolute Gasteiger partial charge is 0.550 e. The Morgan fingerprint density at radius 1 is 0.398 bits per heavy atom. The molecule has 12 rings (SSSR count). The van der Waals surface area contributed by atoms with E-state index >= 15 is 0 Å². The minimum atomic E-state index is -1.25. The second kappa shape index (κ2) is 28.8. The van der Waals surface area contributed by atoms with Gasteiger partial charge in [0.25, 0.3) is 0 Å². The number of H-pyrrole nitrogens is 2. The zero-order chi connectivity index (χ0) is 58.2. The second-order valence-electron chi connectivity index (χ2n) is 20.1. The molecule has 0 aliphatic carbocycles. The number of carbonyl (C=O) groups is 4. The number of fused-ring (bicyclic) bond motifs is 10. The van der Waals surface area contributed by atoms with Gasteiger partial charge in [0.05, 0.1) is 102 Å². The molecule has 0 unspecified atom stereocenters. The molecule has 16 bridgehead atoms. The third kappa shape index (κ3) is 14.0. The van der Waals surface area contributed by atoms with Crippen molar-refractivity contribution >= 4 is 80.4 Å². The molecule has 2 aromatic rings. The van der Waals surface area contributed by atoms with Crippen LogP contribution in [0.25, 0.3) is 22.3 Å². The van der Waals surface area contributed by atoms with Crippen LogP contribution in [0.4, 0.5) is 0 Å². The molecule has 0 fully saturated rings. The number of aromatic amines is 2. The summed E-state index contributed by atoms with van der Waals surface area (Å²) < 4.78 is 0. The molecule has 0 amide bonds. The first-order valence-electron chi connectivity index (χ1n) is 26.8. The predicted molar refractivity (Wildman–Crippen MR) is 309 cm³/mol. The summed E-state index contributed by atoms with van der Waals surface area (Å²) in [5.74, 6) is 8.88. The Morgan fingerprint density at radius 3 is 1.05 bits per heavy atom. The Labute approximate surface area is 594 Å². The molecule has 414 valence electrons. The second-order valence-corrected chi connectivity index (χ2v) is 20.1. The zero-order valence-electron chi connectivity index (χ0n) is 49.0. The Bertz CT molecular complexity index is 4040. The number of hydrogen-bond donors (Lipinski definition) is 4. The quantitative estimate of drug-likeness (QED) is 0.114. The first kappa shape index (κ1) is 66.6. The van der Waals surface area contributed by atoms with E-state index in [0.29, 0.717) is 147 Å². The van der Waals surface area contributed by atoms with Crippen molar-refractivity contribution in [3.8, 4) is 23.7 Å². The molecule has 0 spiro atoms. The zero-order valence-corrected chi connectivity index (χ0v) is 57.0. The molecule has 0 aromatic carbocycles. The number of rotatable bonds is 12. The van der Waals surface area contributed by atoms with E-state index in [0.717, 1.165) is 0 Å². The molecule has 0 saturated heterocycles. The van der Waals surface area contributed by atoms with Crippen LogP contribution < -0.4 is 149 Å². The molecule has 24 heteroatoms. The fourth-order valence-electron chi connectivity index (χ4n) is 10.7. The summed E-state index contributed by atoms with van der Waals surface area (Å²) in [6.07, 6.45) is 27.7. The normalized spacial score (nSPS) is 19.5. The Morgan fingerprint density at radius 2 is 0.693 bits per heavy atom. The summed E-state index contributed by atoms with van der Waals surface area (Å²) in [6, 6.07) is 7.46. The minimum Gasteiger partial charge on any atom is -0.550 e. The molecular formula is C64H46N12Na4O8. The van der Waals surface area contributed by atoms with Crippen LogP contribution in [0.1, 0.15) is 74.1 Å². The molecule has 2 aromatic heterocycles. The van der Waals surface area contributed by atoms with E-state index in [1.807, 2.05) is 84.9 Å². The van der Waals surface area contributed by atoms with Gasteiger partial charge in [-0.05, 0) is 172 Å². The number of allylic oxidation sites excluding steroid dienone is 20. The summed E-state index contributed by atoms with van der Waals surface area (Å²) >= 11 is 0. The van der Waals surface area contributed by atoms with Crippen LogP contribution in [0.3, 0.4) is 0 Å². The Hall–Kier alpha value is -7.38. The molecule has 4 N–H and O–H groups in total. The van der Waals surface area contributed by atoms with Gasteiger partial charge in [0, 0.05) is 96.5 Å². The van der Waals surface area contributed by atoms with E-state index in [4.69, 9.17) is 30.0 Å². The largest absolute Gasteiger partial charge is 1.00 e. The molecule has 10 aliphatic heterocycles. The Balaban J connectivity index is 0.00000251. The molecule has 88 heavy (non-hydrogen) atoms. The van der Waals surface area contributed by atoms with Crippen molar-refractivity contribution in [1.29, 1.82) is 0 Å². The number of aliphatic imine (C=N–C) groups is 6. The number of carboxylic acids is 4. The van der Waals surface area contributed by atoms with Crippen LogP contribution >= 0.6 is 0 Å². The van der Waals surface area contributed by atoms with Crippen molar-refractivity contribution in [2.45, 2.75) is 51.4 Å². The number of carbonyl (C=O) groups excluding carboxylic acids is 4. The average molecular weight is 1200 g/mol. The van der Waals surface area contributed by atoms with Crippen molar-refractivity contribution < 1.29 is 158 Å². The topological polar surface area (TPSA) is 297 Å². The summed E-state index contributed by atoms with van der Waals surface area (Å²) in [5, 5.41) is 54.7. The first-order valence-corrected chi connectivity index (χ1v) is 26.8. The van der Waals surface area contributed by atoms with Crippen LogP contribution in [0.5, 0.6) is 0 Å². The maximum absolute atomic E-state index is 12.0. The van der Waals surface area contributed by atoms with Crippen molar-refractivity contribution in [1.82, 2.24) is 30.4 Å². The van der Waals surface area contributed by atoms with Gasteiger partial charge >= 0.3 is 118 Å². The van der Waals surface area contributed by atoms with E-state index in [1.165, 1.54) is 0 Å². The summed E-state index contributed by atoms with van der Waals surface area (Å²) in [5.41, 5.74) is 12.3.